The second-order valence-electron chi connectivity index (χ2n) is 16.7. The number of amides is 6. The number of phenolic OH excluding ortho intramolecular Hbond substituents is 2. The number of ketones is 2. The van der Waals surface area contributed by atoms with Crippen molar-refractivity contribution >= 4 is 47.0 Å². The molecule has 0 spiro atoms. The van der Waals surface area contributed by atoms with Crippen molar-refractivity contribution in [3.8, 4) is 17.2 Å². The summed E-state index contributed by atoms with van der Waals surface area (Å²) < 4.78 is 29.9. The SMILES string of the molecule is COc1cccc2c1C(=O)c1c(O)c3c(c(O)c1C2=O)C[C@@H](C(=O)N(C)CCNC(=O)CNC(=O)C(C)NC(=O)CCN1C(=O)C=CC1=O)C[C@@H]3OC1CC[C@H](OC2COCCN2)[C@H](C)O1. The zero-order chi connectivity index (χ0) is 47.4. The molecule has 0 saturated carbocycles. The Labute approximate surface area is 379 Å². The number of likely N-dealkylation sites (N-methyl/N-ethyl adjacent to an activating group) is 1. The monoisotopic (exact) mass is 918 g/mol. The first kappa shape index (κ1) is 47.7. The molecule has 0 radical (unpaired) electrons. The van der Waals surface area contributed by atoms with Gasteiger partial charge in [0.15, 0.2) is 12.1 Å². The standard InChI is InChI=1S/C45H54N6O15/c1-22(49-30(52)12-15-51-33(54)9-10-34(51)55)44(60)48-20-31(53)46-13-16-50(3)45(61)24-18-26-37(29(19-24)66-35-11-8-27(23(2)64-35)65-32-21-63-17-14-47-32)43(59)39-38(41(26)57)40(56)25-6-5-7-28(62-4)36(25)42(39)58/h5-7,9-10,22-24,27,29,32,35,47,57,59H,8,11-21H2,1-4H3,(H,46,53)(H,48,60)(H,49,52)/t22?,23-,24+,27-,29-,32?,35?/m0/s1. The summed E-state index contributed by atoms with van der Waals surface area (Å²) in [5, 5.41) is 34.7. The molecule has 2 aromatic rings. The third kappa shape index (κ3) is 10.1. The van der Waals surface area contributed by atoms with E-state index in [1.54, 1.807) is 0 Å². The normalized spacial score (nSPS) is 23.9. The van der Waals surface area contributed by atoms with Gasteiger partial charge in [-0.15, -0.1) is 0 Å². The van der Waals surface area contributed by atoms with E-state index in [0.717, 1.165) is 17.1 Å². The van der Waals surface area contributed by atoms with Crippen LogP contribution >= 0.6 is 0 Å². The molecule has 21 heteroatoms. The van der Waals surface area contributed by atoms with Crippen LogP contribution in [0.5, 0.6) is 17.2 Å². The van der Waals surface area contributed by atoms with E-state index in [0.29, 0.717) is 32.6 Å². The summed E-state index contributed by atoms with van der Waals surface area (Å²) in [5.41, 5.74) is -0.731. The molecule has 0 aromatic heterocycles. The Bertz CT molecular complexity index is 2310. The number of phenols is 2. The highest BCUT2D eigenvalue weighted by atomic mass is 16.7. The highest BCUT2D eigenvalue weighted by Gasteiger charge is 2.45. The summed E-state index contributed by atoms with van der Waals surface area (Å²) in [6.07, 6.45) is -0.235. The highest BCUT2D eigenvalue weighted by Crippen LogP contribution is 2.52. The molecule has 6 amide bonds. The van der Waals surface area contributed by atoms with E-state index in [-0.39, 0.29) is 79.2 Å². The number of hydrogen-bond acceptors (Lipinski definition) is 16. The summed E-state index contributed by atoms with van der Waals surface area (Å²) in [6, 6.07) is 3.45. The molecule has 7 rings (SSSR count). The zero-order valence-electron chi connectivity index (χ0n) is 37.0. The van der Waals surface area contributed by atoms with Crippen LogP contribution in [0.3, 0.4) is 0 Å². The lowest BCUT2D eigenvalue weighted by atomic mass is 9.74. The van der Waals surface area contributed by atoms with E-state index in [4.69, 9.17) is 23.7 Å². The predicted molar refractivity (Wildman–Crippen MR) is 228 cm³/mol. The smallest absolute Gasteiger partial charge is 0.253 e. The maximum atomic E-state index is 14.2. The van der Waals surface area contributed by atoms with Gasteiger partial charge in [0, 0.05) is 80.8 Å². The van der Waals surface area contributed by atoms with Crippen LogP contribution in [-0.2, 0) is 54.1 Å². The Kier molecular flexibility index (Phi) is 14.8. The Balaban J connectivity index is 0.998. The van der Waals surface area contributed by atoms with E-state index in [1.165, 1.54) is 44.2 Å². The van der Waals surface area contributed by atoms with Crippen LogP contribution in [0, 0.1) is 5.92 Å². The zero-order valence-corrected chi connectivity index (χ0v) is 37.0. The average Bonchev–Trinajstić information content (AvgIpc) is 3.63. The van der Waals surface area contributed by atoms with Gasteiger partial charge in [-0.05, 0) is 39.2 Å². The van der Waals surface area contributed by atoms with Gasteiger partial charge in [-0.3, -0.25) is 48.6 Å². The summed E-state index contributed by atoms with van der Waals surface area (Å²) in [4.78, 5) is 106. The number of ether oxygens (including phenoxy) is 5. The molecule has 5 aliphatic rings. The lowest BCUT2D eigenvalue weighted by Gasteiger charge is -2.40. The maximum absolute atomic E-state index is 14.2. The molecule has 21 nitrogen and oxygen atoms in total. The van der Waals surface area contributed by atoms with Gasteiger partial charge >= 0.3 is 0 Å². The second kappa shape index (κ2) is 20.5. The number of carbonyl (C=O) groups is 8. The largest absolute Gasteiger partial charge is 0.507 e. The van der Waals surface area contributed by atoms with Crippen LogP contribution in [0.1, 0.15) is 88.6 Å². The minimum Gasteiger partial charge on any atom is -0.507 e. The molecular weight excluding hydrogens is 865 g/mol. The number of methoxy groups -OCH3 is 1. The first-order valence-corrected chi connectivity index (χ1v) is 21.8. The number of fused-ring (bicyclic) bond motifs is 3. The van der Waals surface area contributed by atoms with E-state index in [2.05, 4.69) is 21.3 Å². The minimum absolute atomic E-state index is 0.0136. The fourth-order valence-electron chi connectivity index (χ4n) is 8.83. The third-order valence-corrected chi connectivity index (χ3v) is 12.3. The van der Waals surface area contributed by atoms with Crippen LogP contribution < -0.4 is 26.0 Å². The predicted octanol–water partition coefficient (Wildman–Crippen LogP) is -0.131. The fourth-order valence-corrected chi connectivity index (χ4v) is 8.83. The number of aromatic hydroxyl groups is 2. The molecule has 66 heavy (non-hydrogen) atoms. The molecule has 3 unspecified atom stereocenters. The number of benzene rings is 2. The first-order chi connectivity index (χ1) is 31.6. The quantitative estimate of drug-likeness (QED) is 0.0807. The summed E-state index contributed by atoms with van der Waals surface area (Å²) in [5.74, 6) is -6.58. The van der Waals surface area contributed by atoms with Crippen molar-refractivity contribution in [2.24, 2.45) is 5.92 Å². The van der Waals surface area contributed by atoms with Gasteiger partial charge in [0.05, 0.1) is 61.9 Å². The number of imide groups is 1. The lowest BCUT2D eigenvalue weighted by Crippen LogP contribution is -2.49. The molecular formula is C45H54N6O15. The van der Waals surface area contributed by atoms with Crippen LogP contribution in [-0.4, -0.2) is 158 Å². The average molecular weight is 919 g/mol. The first-order valence-electron chi connectivity index (χ1n) is 21.8. The van der Waals surface area contributed by atoms with E-state index in [1.807, 2.05) is 6.92 Å². The van der Waals surface area contributed by atoms with Crippen LogP contribution in [0.15, 0.2) is 30.4 Å². The van der Waals surface area contributed by atoms with E-state index >= 15 is 0 Å². The number of morpholine rings is 1. The van der Waals surface area contributed by atoms with Crippen LogP contribution in [0.25, 0.3) is 0 Å². The van der Waals surface area contributed by atoms with Crippen molar-refractivity contribution in [3.63, 3.8) is 0 Å². The van der Waals surface area contributed by atoms with Crippen molar-refractivity contribution in [3.05, 3.63) is 63.7 Å². The molecule has 3 aliphatic heterocycles. The maximum Gasteiger partial charge on any atom is 0.253 e. The number of carbonyl (C=O) groups excluding carboxylic acids is 8. The molecule has 0 bridgehead atoms. The summed E-state index contributed by atoms with van der Waals surface area (Å²) in [6.45, 7) is 4.28. The molecule has 3 heterocycles. The van der Waals surface area contributed by atoms with Crippen molar-refractivity contribution in [1.29, 1.82) is 0 Å². The van der Waals surface area contributed by atoms with Crippen molar-refractivity contribution in [1.82, 2.24) is 31.1 Å². The Morgan fingerprint density at radius 1 is 0.970 bits per heavy atom. The fraction of sp³-hybridized carbons (Fsp3) is 0.511. The second-order valence-corrected chi connectivity index (χ2v) is 16.7. The van der Waals surface area contributed by atoms with Gasteiger partial charge in [-0.1, -0.05) is 12.1 Å². The van der Waals surface area contributed by atoms with Gasteiger partial charge in [-0.25, -0.2) is 0 Å². The molecule has 2 saturated heterocycles. The van der Waals surface area contributed by atoms with Crippen LogP contribution in [0.4, 0.5) is 0 Å². The Hall–Kier alpha value is -6.26. The number of nitrogens with zero attached hydrogens (tertiary/aromatic N) is 2. The number of hydrogen-bond donors (Lipinski definition) is 6. The molecule has 2 aromatic carbocycles. The van der Waals surface area contributed by atoms with Gasteiger partial charge < -0.3 is 54.7 Å². The van der Waals surface area contributed by atoms with Crippen molar-refractivity contribution in [2.75, 3.05) is 60.1 Å². The van der Waals surface area contributed by atoms with Crippen LogP contribution in [0.2, 0.25) is 0 Å². The highest BCUT2D eigenvalue weighted by molar-refractivity contribution is 6.31. The van der Waals surface area contributed by atoms with Crippen molar-refractivity contribution in [2.45, 2.75) is 82.8 Å². The molecule has 2 fully saturated rings. The molecule has 354 valence electrons. The Morgan fingerprint density at radius 2 is 1.71 bits per heavy atom. The molecule has 6 N–H and O–H groups in total. The van der Waals surface area contributed by atoms with E-state index in [9.17, 15) is 48.6 Å². The minimum atomic E-state index is -1.09. The van der Waals surface area contributed by atoms with E-state index < -0.39 is 107 Å². The van der Waals surface area contributed by atoms with Crippen molar-refractivity contribution < 1.29 is 72.3 Å². The Morgan fingerprint density at radius 3 is 2.41 bits per heavy atom. The summed E-state index contributed by atoms with van der Waals surface area (Å²) >= 11 is 0. The third-order valence-electron chi connectivity index (χ3n) is 12.3. The number of nitrogens with one attached hydrogen (secondary N) is 4. The van der Waals surface area contributed by atoms with Gasteiger partial charge in [0.25, 0.3) is 11.8 Å². The topological polar surface area (TPSA) is 278 Å². The van der Waals surface area contributed by atoms with Gasteiger partial charge in [0.2, 0.25) is 29.4 Å². The lowest BCUT2D eigenvalue weighted by molar-refractivity contribution is -0.255. The summed E-state index contributed by atoms with van der Waals surface area (Å²) in [7, 11) is 2.87. The number of rotatable bonds is 16. The van der Waals surface area contributed by atoms with Gasteiger partial charge in [-0.2, -0.15) is 0 Å². The van der Waals surface area contributed by atoms with Gasteiger partial charge in [0.1, 0.15) is 29.5 Å². The molecule has 2 aliphatic carbocycles. The molecule has 7 atom stereocenters.